The van der Waals surface area contributed by atoms with E-state index < -0.39 is 4.92 Å². The zero-order chi connectivity index (χ0) is 21.7. The van der Waals surface area contributed by atoms with Crippen LogP contribution in [0.15, 0.2) is 58.3 Å². The zero-order valence-electron chi connectivity index (χ0n) is 16.9. The quantitative estimate of drug-likeness (QED) is 0.414. The van der Waals surface area contributed by atoms with Crippen LogP contribution in [-0.2, 0) is 9.59 Å². The van der Waals surface area contributed by atoms with Gasteiger partial charge in [0.05, 0.1) is 9.82 Å². The summed E-state index contributed by atoms with van der Waals surface area (Å²) < 4.78 is 0. The van der Waals surface area contributed by atoms with Crippen molar-refractivity contribution in [1.82, 2.24) is 9.80 Å². The largest absolute Gasteiger partial charge is 0.339 e. The third kappa shape index (κ3) is 5.48. The number of carbonyl (C=O) groups is 2. The van der Waals surface area contributed by atoms with Gasteiger partial charge in [0, 0.05) is 50.1 Å². The van der Waals surface area contributed by atoms with E-state index in [1.54, 1.807) is 28.0 Å². The number of benzene rings is 2. The van der Waals surface area contributed by atoms with Crippen LogP contribution in [0.2, 0.25) is 0 Å². The summed E-state index contributed by atoms with van der Waals surface area (Å²) in [6.45, 7) is 5.50. The van der Waals surface area contributed by atoms with Crippen molar-refractivity contribution in [1.29, 1.82) is 0 Å². The topological polar surface area (TPSA) is 83.8 Å². The highest BCUT2D eigenvalue weighted by Gasteiger charge is 2.21. The maximum Gasteiger partial charge on any atom is 0.283 e. The van der Waals surface area contributed by atoms with Crippen molar-refractivity contribution < 1.29 is 14.5 Å². The minimum Gasteiger partial charge on any atom is -0.339 e. The molecule has 2 aromatic carbocycles. The molecule has 30 heavy (non-hydrogen) atoms. The van der Waals surface area contributed by atoms with Crippen LogP contribution in [0.3, 0.4) is 0 Å². The van der Waals surface area contributed by atoms with E-state index in [9.17, 15) is 19.7 Å². The van der Waals surface area contributed by atoms with Gasteiger partial charge in [-0.15, -0.1) is 0 Å². The first kappa shape index (κ1) is 21.6. The van der Waals surface area contributed by atoms with Crippen LogP contribution < -0.4 is 0 Å². The fourth-order valence-electron chi connectivity index (χ4n) is 3.19. The normalized spacial score (nSPS) is 14.2. The number of carbonyl (C=O) groups excluding carboxylic acids is 2. The van der Waals surface area contributed by atoms with Crippen LogP contribution in [0.4, 0.5) is 5.69 Å². The lowest BCUT2D eigenvalue weighted by molar-refractivity contribution is -0.387. The van der Waals surface area contributed by atoms with Gasteiger partial charge in [0.15, 0.2) is 0 Å². The molecule has 1 saturated heterocycles. The Hall–Kier alpha value is -3.13. The Balaban J connectivity index is 1.70. The molecule has 0 bridgehead atoms. The molecule has 1 fully saturated rings. The lowest BCUT2D eigenvalue weighted by Gasteiger charge is -2.33. The van der Waals surface area contributed by atoms with Crippen molar-refractivity contribution in [3.8, 4) is 0 Å². The smallest absolute Gasteiger partial charge is 0.283 e. The van der Waals surface area contributed by atoms with E-state index >= 15 is 0 Å². The first-order chi connectivity index (χ1) is 14.3. The lowest BCUT2D eigenvalue weighted by Crippen LogP contribution is -2.49. The van der Waals surface area contributed by atoms with Gasteiger partial charge >= 0.3 is 0 Å². The molecule has 8 heteroatoms. The van der Waals surface area contributed by atoms with Gasteiger partial charge in [0.2, 0.25) is 11.8 Å². The van der Waals surface area contributed by atoms with E-state index in [-0.39, 0.29) is 17.5 Å². The molecule has 7 nitrogen and oxygen atoms in total. The Morgan fingerprint density at radius 3 is 2.40 bits per heavy atom. The van der Waals surface area contributed by atoms with Gasteiger partial charge in [0.1, 0.15) is 0 Å². The maximum atomic E-state index is 12.4. The fraction of sp³-hybridized carbons (Fsp3) is 0.273. The third-order valence-electron chi connectivity index (χ3n) is 4.85. The first-order valence-corrected chi connectivity index (χ1v) is 10.4. The summed E-state index contributed by atoms with van der Waals surface area (Å²) >= 11 is 1.34. The number of hydrogen-bond acceptors (Lipinski definition) is 5. The molecule has 0 atom stereocenters. The third-order valence-corrected chi connectivity index (χ3v) is 5.91. The second-order valence-electron chi connectivity index (χ2n) is 7.07. The number of piperazine rings is 1. The maximum absolute atomic E-state index is 12.4. The van der Waals surface area contributed by atoms with Crippen LogP contribution >= 0.6 is 11.8 Å². The van der Waals surface area contributed by atoms with E-state index in [1.807, 2.05) is 31.2 Å². The zero-order valence-corrected chi connectivity index (χ0v) is 17.7. The van der Waals surface area contributed by atoms with Gasteiger partial charge in [-0.05, 0) is 36.8 Å². The molecule has 2 amide bonds. The molecule has 0 N–H and O–H groups in total. The molecule has 156 valence electrons. The first-order valence-electron chi connectivity index (χ1n) is 9.59. The van der Waals surface area contributed by atoms with E-state index in [2.05, 4.69) is 0 Å². The molecule has 1 aliphatic heterocycles. The van der Waals surface area contributed by atoms with E-state index in [4.69, 9.17) is 0 Å². The highest BCUT2D eigenvalue weighted by atomic mass is 32.2. The monoisotopic (exact) mass is 425 g/mol. The predicted molar refractivity (Wildman–Crippen MR) is 116 cm³/mol. The second kappa shape index (κ2) is 9.58. The minimum atomic E-state index is -0.404. The molecular formula is C22H23N3O4S. The number of hydrogen-bond donors (Lipinski definition) is 0. The van der Waals surface area contributed by atoms with Crippen molar-refractivity contribution in [2.45, 2.75) is 23.6 Å². The average molecular weight is 426 g/mol. The molecule has 0 saturated carbocycles. The Morgan fingerprint density at radius 1 is 1.07 bits per heavy atom. The average Bonchev–Trinajstić information content (AvgIpc) is 2.72. The number of nitro benzene ring substituents is 1. The summed E-state index contributed by atoms with van der Waals surface area (Å²) in [5, 5.41) is 11.6. The summed E-state index contributed by atoms with van der Waals surface area (Å²) in [5.74, 6) is -0.160. The predicted octanol–water partition coefficient (Wildman–Crippen LogP) is 3.76. The van der Waals surface area contributed by atoms with Crippen LogP contribution in [0.1, 0.15) is 18.1 Å². The molecule has 0 aromatic heterocycles. The minimum absolute atomic E-state index is 0.00572. The molecule has 0 aliphatic carbocycles. The second-order valence-corrected chi connectivity index (χ2v) is 8.18. The molecule has 0 radical (unpaired) electrons. The summed E-state index contributed by atoms with van der Waals surface area (Å²) in [5.41, 5.74) is 1.68. The van der Waals surface area contributed by atoms with Crippen LogP contribution in [0.5, 0.6) is 0 Å². The SMILES string of the molecule is CC(=O)N1CCN(C(=O)/C=C/c2ccc(Sc3cccc(C)c3)c([N+](=O)[O-])c2)CC1. The number of nitrogens with zero attached hydrogens (tertiary/aromatic N) is 3. The van der Waals surface area contributed by atoms with Gasteiger partial charge in [0.25, 0.3) is 5.69 Å². The molecule has 1 aliphatic rings. The molecule has 2 aromatic rings. The van der Waals surface area contributed by atoms with Gasteiger partial charge in [-0.25, -0.2) is 0 Å². The van der Waals surface area contributed by atoms with Gasteiger partial charge in [-0.2, -0.15) is 0 Å². The number of rotatable bonds is 5. The van der Waals surface area contributed by atoms with Crippen molar-refractivity contribution in [3.05, 3.63) is 69.8 Å². The Bertz CT molecular complexity index is 998. The molecule has 0 unspecified atom stereocenters. The van der Waals surface area contributed by atoms with Crippen LogP contribution in [0.25, 0.3) is 6.08 Å². The Morgan fingerprint density at radius 2 is 1.77 bits per heavy atom. The molecule has 3 rings (SSSR count). The summed E-state index contributed by atoms with van der Waals surface area (Å²) in [4.78, 5) is 39.8. The van der Waals surface area contributed by atoms with Crippen molar-refractivity contribution in [2.24, 2.45) is 0 Å². The van der Waals surface area contributed by atoms with Crippen molar-refractivity contribution in [2.75, 3.05) is 26.2 Å². The van der Waals surface area contributed by atoms with Crippen LogP contribution in [-0.4, -0.2) is 52.7 Å². The molecular weight excluding hydrogens is 402 g/mol. The van der Waals surface area contributed by atoms with Crippen LogP contribution in [0, 0.1) is 17.0 Å². The summed E-state index contributed by atoms with van der Waals surface area (Å²) in [7, 11) is 0. The van der Waals surface area contributed by atoms with E-state index in [0.717, 1.165) is 10.5 Å². The van der Waals surface area contributed by atoms with Gasteiger partial charge < -0.3 is 9.80 Å². The number of amides is 2. The highest BCUT2D eigenvalue weighted by Crippen LogP contribution is 2.35. The summed E-state index contributed by atoms with van der Waals surface area (Å²) in [6.07, 6.45) is 3.02. The van der Waals surface area contributed by atoms with Gasteiger partial charge in [-0.3, -0.25) is 19.7 Å². The Kier molecular flexibility index (Phi) is 6.89. The fourth-order valence-corrected chi connectivity index (χ4v) is 4.21. The molecule has 1 heterocycles. The number of aryl methyl sites for hydroxylation is 1. The number of nitro groups is 1. The van der Waals surface area contributed by atoms with Crippen molar-refractivity contribution >= 4 is 35.3 Å². The standard InChI is InChI=1S/C22H23N3O4S/c1-16-4-3-5-19(14-16)30-21-8-6-18(15-20(21)25(28)29)7-9-22(27)24-12-10-23(11-13-24)17(2)26/h3-9,14-15H,10-13H2,1-2H3/b9-7+. The molecule has 0 spiro atoms. The highest BCUT2D eigenvalue weighted by molar-refractivity contribution is 7.99. The van der Waals surface area contributed by atoms with Crippen molar-refractivity contribution in [3.63, 3.8) is 0 Å². The van der Waals surface area contributed by atoms with E-state index in [0.29, 0.717) is 36.6 Å². The van der Waals surface area contributed by atoms with Gasteiger partial charge in [-0.1, -0.05) is 35.5 Å². The lowest BCUT2D eigenvalue weighted by atomic mass is 10.2. The van der Waals surface area contributed by atoms with E-state index in [1.165, 1.54) is 30.8 Å². The summed E-state index contributed by atoms with van der Waals surface area (Å²) in [6, 6.07) is 12.7. The Labute approximate surface area is 179 Å².